The van der Waals surface area contributed by atoms with Crippen LogP contribution in [0, 0.1) is 6.92 Å². The molecule has 86 valence electrons. The molecule has 1 aromatic heterocycles. The lowest BCUT2D eigenvalue weighted by Gasteiger charge is -2.04. The van der Waals surface area contributed by atoms with Crippen LogP contribution in [0.1, 0.15) is 24.7 Å². The van der Waals surface area contributed by atoms with Crippen molar-refractivity contribution < 1.29 is 5.11 Å². The van der Waals surface area contributed by atoms with Crippen molar-refractivity contribution in [2.45, 2.75) is 32.6 Å². The van der Waals surface area contributed by atoms with Gasteiger partial charge in [0.2, 0.25) is 0 Å². The highest BCUT2D eigenvalue weighted by Gasteiger charge is 2.11. The summed E-state index contributed by atoms with van der Waals surface area (Å²) >= 11 is 7.94. The average molecular weight is 249 g/mol. The molecule has 0 fully saturated rings. The van der Waals surface area contributed by atoms with Crippen molar-refractivity contribution in [2.75, 3.05) is 12.4 Å². The molecule has 0 aromatic carbocycles. The molecule has 0 spiro atoms. The van der Waals surface area contributed by atoms with Crippen LogP contribution in [0.5, 0.6) is 0 Å². The molecule has 0 atom stereocenters. The number of rotatable bonds is 6. The van der Waals surface area contributed by atoms with Crippen LogP contribution in [0.3, 0.4) is 0 Å². The molecule has 1 aromatic rings. The summed E-state index contributed by atoms with van der Waals surface area (Å²) in [6, 6.07) is 0. The average Bonchev–Trinajstić information content (AvgIpc) is 2.51. The maximum Gasteiger partial charge on any atom is 0.0855 e. The van der Waals surface area contributed by atoms with Gasteiger partial charge in [-0.05, 0) is 26.0 Å². The first-order valence-electron chi connectivity index (χ1n) is 5.11. The van der Waals surface area contributed by atoms with Gasteiger partial charge in [-0.1, -0.05) is 11.6 Å². The van der Waals surface area contributed by atoms with Crippen LogP contribution < -0.4 is 0 Å². The van der Waals surface area contributed by atoms with E-state index in [1.54, 1.807) is 11.8 Å². The van der Waals surface area contributed by atoms with Crippen LogP contribution in [0.4, 0.5) is 0 Å². The Morgan fingerprint density at radius 1 is 1.53 bits per heavy atom. The van der Waals surface area contributed by atoms with Crippen LogP contribution in [-0.4, -0.2) is 27.2 Å². The lowest BCUT2D eigenvalue weighted by Crippen LogP contribution is -2.02. The number of aryl methyl sites for hydroxylation is 2. The highest BCUT2D eigenvalue weighted by atomic mass is 35.5. The fourth-order valence-electron chi connectivity index (χ4n) is 1.34. The maximum atomic E-state index is 8.67. The molecule has 0 aliphatic rings. The number of aliphatic hydroxyl groups excluding tert-OH is 1. The van der Waals surface area contributed by atoms with Gasteiger partial charge in [0.1, 0.15) is 0 Å². The first kappa shape index (κ1) is 12.9. The van der Waals surface area contributed by atoms with Crippen molar-refractivity contribution in [3.8, 4) is 0 Å². The van der Waals surface area contributed by atoms with Gasteiger partial charge in [-0.2, -0.15) is 16.9 Å². The largest absolute Gasteiger partial charge is 0.396 e. The van der Waals surface area contributed by atoms with Gasteiger partial charge in [-0.3, -0.25) is 4.68 Å². The Morgan fingerprint density at radius 2 is 2.27 bits per heavy atom. The van der Waals surface area contributed by atoms with Crippen molar-refractivity contribution >= 4 is 23.4 Å². The van der Waals surface area contributed by atoms with Gasteiger partial charge in [0.25, 0.3) is 0 Å². The highest BCUT2D eigenvalue weighted by Crippen LogP contribution is 2.24. The van der Waals surface area contributed by atoms with E-state index in [-0.39, 0.29) is 6.61 Å². The Bertz CT molecular complexity index is 315. The molecule has 0 radical (unpaired) electrons. The quantitative estimate of drug-likeness (QED) is 0.786. The first-order valence-corrected chi connectivity index (χ1v) is 6.64. The summed E-state index contributed by atoms with van der Waals surface area (Å²) in [5, 5.41) is 13.8. The maximum absolute atomic E-state index is 8.67. The van der Waals surface area contributed by atoms with E-state index in [0.29, 0.717) is 0 Å². The minimum absolute atomic E-state index is 0.257. The molecular formula is C10H17ClN2OS. The topological polar surface area (TPSA) is 38.0 Å². The van der Waals surface area contributed by atoms with Crippen LogP contribution in [0.2, 0.25) is 5.02 Å². The number of aliphatic hydroxyl groups is 1. The minimum Gasteiger partial charge on any atom is -0.396 e. The van der Waals surface area contributed by atoms with Crippen molar-refractivity contribution in [3.05, 3.63) is 16.4 Å². The Labute approximate surface area is 99.8 Å². The fraction of sp³-hybridized carbons (Fsp3) is 0.700. The molecule has 0 amide bonds. The number of hydrogen-bond acceptors (Lipinski definition) is 3. The van der Waals surface area contributed by atoms with E-state index in [1.165, 1.54) is 0 Å². The second kappa shape index (κ2) is 6.40. The summed E-state index contributed by atoms with van der Waals surface area (Å²) in [7, 11) is 0. The third-order valence-corrected chi connectivity index (χ3v) is 3.68. The van der Waals surface area contributed by atoms with Crippen molar-refractivity contribution in [1.29, 1.82) is 0 Å². The molecule has 0 saturated carbocycles. The minimum atomic E-state index is 0.257. The SMILES string of the molecule is CCn1nc(C)c(Cl)c1CSCCCO. The van der Waals surface area contributed by atoms with E-state index in [0.717, 1.165) is 40.9 Å². The van der Waals surface area contributed by atoms with Gasteiger partial charge in [0.05, 0.1) is 16.4 Å². The molecule has 0 aliphatic carbocycles. The predicted octanol–water partition coefficient (Wildman–Crippen LogP) is 2.48. The monoisotopic (exact) mass is 248 g/mol. The molecule has 1 rings (SSSR count). The Morgan fingerprint density at radius 3 is 2.87 bits per heavy atom. The number of aromatic nitrogens is 2. The van der Waals surface area contributed by atoms with E-state index in [9.17, 15) is 0 Å². The zero-order valence-corrected chi connectivity index (χ0v) is 10.7. The van der Waals surface area contributed by atoms with Gasteiger partial charge >= 0.3 is 0 Å². The number of nitrogens with zero attached hydrogens (tertiary/aromatic N) is 2. The molecular weight excluding hydrogens is 232 g/mol. The third kappa shape index (κ3) is 3.40. The van der Waals surface area contributed by atoms with Gasteiger partial charge in [0.15, 0.2) is 0 Å². The van der Waals surface area contributed by atoms with E-state index in [1.807, 2.05) is 11.6 Å². The van der Waals surface area contributed by atoms with E-state index < -0.39 is 0 Å². The summed E-state index contributed by atoms with van der Waals surface area (Å²) in [5.74, 6) is 1.83. The third-order valence-electron chi connectivity index (χ3n) is 2.14. The van der Waals surface area contributed by atoms with Crippen LogP contribution in [0.25, 0.3) is 0 Å². The molecule has 15 heavy (non-hydrogen) atoms. The van der Waals surface area contributed by atoms with Crippen LogP contribution in [-0.2, 0) is 12.3 Å². The smallest absolute Gasteiger partial charge is 0.0855 e. The molecule has 1 heterocycles. The van der Waals surface area contributed by atoms with Crippen LogP contribution >= 0.6 is 23.4 Å². The zero-order valence-electron chi connectivity index (χ0n) is 9.16. The highest BCUT2D eigenvalue weighted by molar-refractivity contribution is 7.98. The molecule has 0 aliphatic heterocycles. The van der Waals surface area contributed by atoms with Gasteiger partial charge < -0.3 is 5.11 Å². The summed E-state index contributed by atoms with van der Waals surface area (Å²) < 4.78 is 1.95. The Hall–Kier alpha value is -0.190. The van der Waals surface area contributed by atoms with E-state index >= 15 is 0 Å². The molecule has 0 bridgehead atoms. The fourth-order valence-corrected chi connectivity index (χ4v) is 2.59. The second-order valence-electron chi connectivity index (χ2n) is 3.29. The van der Waals surface area contributed by atoms with Crippen LogP contribution in [0.15, 0.2) is 0 Å². The standard InChI is InChI=1S/C10H17ClN2OS/c1-3-13-9(7-15-6-4-5-14)10(11)8(2)12-13/h14H,3-7H2,1-2H3. The normalized spacial score (nSPS) is 10.9. The lowest BCUT2D eigenvalue weighted by atomic mass is 10.4. The van der Waals surface area contributed by atoms with Gasteiger partial charge in [-0.15, -0.1) is 0 Å². The molecule has 0 unspecified atom stereocenters. The summed E-state index contributed by atoms with van der Waals surface area (Å²) in [5.41, 5.74) is 2.00. The van der Waals surface area contributed by atoms with E-state index in [2.05, 4.69) is 12.0 Å². The predicted molar refractivity (Wildman–Crippen MR) is 65.5 cm³/mol. The van der Waals surface area contributed by atoms with Gasteiger partial charge in [0, 0.05) is 18.9 Å². The molecule has 1 N–H and O–H groups in total. The number of halogens is 1. The lowest BCUT2D eigenvalue weighted by molar-refractivity contribution is 0.296. The first-order chi connectivity index (χ1) is 7.20. The summed E-state index contributed by atoms with van der Waals surface area (Å²) in [4.78, 5) is 0. The van der Waals surface area contributed by atoms with Crippen molar-refractivity contribution in [1.82, 2.24) is 9.78 Å². The summed E-state index contributed by atoms with van der Waals surface area (Å²) in [6.07, 6.45) is 0.835. The van der Waals surface area contributed by atoms with Crippen molar-refractivity contribution in [3.63, 3.8) is 0 Å². The molecule has 5 heteroatoms. The zero-order chi connectivity index (χ0) is 11.3. The molecule has 3 nitrogen and oxygen atoms in total. The van der Waals surface area contributed by atoms with Crippen molar-refractivity contribution in [2.24, 2.45) is 0 Å². The Balaban J connectivity index is 2.58. The second-order valence-corrected chi connectivity index (χ2v) is 4.77. The van der Waals surface area contributed by atoms with E-state index in [4.69, 9.17) is 16.7 Å². The summed E-state index contributed by atoms with van der Waals surface area (Å²) in [6.45, 7) is 5.09. The number of thioether (sulfide) groups is 1. The van der Waals surface area contributed by atoms with Gasteiger partial charge in [-0.25, -0.2) is 0 Å². The number of hydrogen-bond donors (Lipinski definition) is 1. The Kier molecular flexibility index (Phi) is 5.50. The molecule has 0 saturated heterocycles.